The van der Waals surface area contributed by atoms with E-state index < -0.39 is 11.4 Å². The van der Waals surface area contributed by atoms with E-state index in [2.05, 4.69) is 0 Å². The summed E-state index contributed by atoms with van der Waals surface area (Å²) >= 11 is 0. The lowest BCUT2D eigenvalue weighted by Crippen LogP contribution is -2.33. The Hall–Kier alpha value is -0.860. The minimum absolute atomic E-state index is 0.00810. The van der Waals surface area contributed by atoms with Crippen molar-refractivity contribution < 1.29 is 14.7 Å². The summed E-state index contributed by atoms with van der Waals surface area (Å²) in [5, 5.41) is 8.60. The quantitative estimate of drug-likeness (QED) is 0.685. The molecule has 68 valence electrons. The molecule has 1 aliphatic rings. The summed E-state index contributed by atoms with van der Waals surface area (Å²) in [5.74, 6) is -0.746. The third-order valence-electron chi connectivity index (χ3n) is 2.60. The van der Waals surface area contributed by atoms with Crippen LogP contribution in [0.3, 0.4) is 0 Å². The van der Waals surface area contributed by atoms with Crippen LogP contribution in [0.25, 0.3) is 0 Å². The molecule has 12 heavy (non-hydrogen) atoms. The number of rotatable bonds is 2. The van der Waals surface area contributed by atoms with Gasteiger partial charge < -0.3 is 5.11 Å². The molecule has 1 aliphatic carbocycles. The number of carbonyl (C=O) groups excluding carboxylic acids is 1. The normalized spacial score (nSPS) is 30.2. The number of carboxylic acid groups (broad SMARTS) is 1. The van der Waals surface area contributed by atoms with Crippen molar-refractivity contribution in [3.05, 3.63) is 0 Å². The molecule has 1 unspecified atom stereocenters. The summed E-state index contributed by atoms with van der Waals surface area (Å²) in [7, 11) is 0. The van der Waals surface area contributed by atoms with Gasteiger partial charge in [-0.15, -0.1) is 0 Å². The molecule has 0 saturated heterocycles. The smallest absolute Gasteiger partial charge is 0.304 e. The average Bonchev–Trinajstić information content (AvgIpc) is 1.94. The maximum absolute atomic E-state index is 11.4. The van der Waals surface area contributed by atoms with Crippen molar-refractivity contribution in [1.29, 1.82) is 0 Å². The van der Waals surface area contributed by atoms with E-state index in [1.54, 1.807) is 6.92 Å². The Bertz CT molecular complexity index is 210. The number of hydrogen-bond donors (Lipinski definition) is 1. The van der Waals surface area contributed by atoms with Crippen LogP contribution < -0.4 is 0 Å². The lowest BCUT2D eigenvalue weighted by molar-refractivity contribution is -0.145. The molecule has 1 fully saturated rings. The molecule has 0 heterocycles. The molecule has 0 bridgehead atoms. The van der Waals surface area contributed by atoms with Crippen LogP contribution in [0.1, 0.15) is 39.0 Å². The first-order valence-corrected chi connectivity index (χ1v) is 4.30. The Morgan fingerprint density at radius 3 is 2.75 bits per heavy atom. The highest BCUT2D eigenvalue weighted by Crippen LogP contribution is 2.35. The van der Waals surface area contributed by atoms with Gasteiger partial charge in [0.1, 0.15) is 5.78 Å². The van der Waals surface area contributed by atoms with E-state index in [-0.39, 0.29) is 12.2 Å². The van der Waals surface area contributed by atoms with Gasteiger partial charge in [-0.2, -0.15) is 0 Å². The van der Waals surface area contributed by atoms with Crippen molar-refractivity contribution in [2.75, 3.05) is 0 Å². The van der Waals surface area contributed by atoms with Gasteiger partial charge in [0.05, 0.1) is 6.42 Å². The van der Waals surface area contributed by atoms with Crippen molar-refractivity contribution in [3.8, 4) is 0 Å². The molecule has 0 radical (unpaired) electrons. The van der Waals surface area contributed by atoms with E-state index in [0.29, 0.717) is 6.42 Å². The molecule has 0 aromatic carbocycles. The molecule has 0 spiro atoms. The van der Waals surface area contributed by atoms with Crippen LogP contribution in [-0.2, 0) is 9.59 Å². The first kappa shape index (κ1) is 9.23. The zero-order chi connectivity index (χ0) is 9.19. The van der Waals surface area contributed by atoms with Crippen LogP contribution in [0, 0.1) is 5.41 Å². The standard InChI is InChI=1S/C9H14O3/c1-9(6-8(11)12)5-3-2-4-7(9)10/h2-6H2,1H3,(H,11,12). The maximum Gasteiger partial charge on any atom is 0.304 e. The molecule has 0 aromatic heterocycles. The van der Waals surface area contributed by atoms with Crippen LogP contribution in [0.5, 0.6) is 0 Å². The second-order valence-corrected chi connectivity index (χ2v) is 3.76. The second kappa shape index (κ2) is 3.25. The highest BCUT2D eigenvalue weighted by molar-refractivity contribution is 5.88. The SMILES string of the molecule is CC1(CC(=O)O)CCCCC1=O. The van der Waals surface area contributed by atoms with E-state index in [0.717, 1.165) is 19.3 Å². The van der Waals surface area contributed by atoms with Gasteiger partial charge in [0.15, 0.2) is 0 Å². The predicted octanol–water partition coefficient (Wildman–Crippen LogP) is 1.61. The fourth-order valence-electron chi connectivity index (χ4n) is 1.76. The minimum atomic E-state index is -0.868. The minimum Gasteiger partial charge on any atom is -0.481 e. The molecule has 1 rings (SSSR count). The molecule has 1 atom stereocenters. The fraction of sp³-hybridized carbons (Fsp3) is 0.778. The number of carbonyl (C=O) groups is 2. The van der Waals surface area contributed by atoms with Gasteiger partial charge in [0, 0.05) is 11.8 Å². The highest BCUT2D eigenvalue weighted by Gasteiger charge is 2.36. The van der Waals surface area contributed by atoms with Crippen LogP contribution in [0.2, 0.25) is 0 Å². The molecular formula is C9H14O3. The Balaban J connectivity index is 2.66. The Labute approximate surface area is 71.8 Å². The number of aliphatic carboxylic acids is 1. The Morgan fingerprint density at radius 1 is 1.58 bits per heavy atom. The van der Waals surface area contributed by atoms with Gasteiger partial charge in [0.25, 0.3) is 0 Å². The predicted molar refractivity (Wildman–Crippen MR) is 43.8 cm³/mol. The summed E-state index contributed by atoms with van der Waals surface area (Å²) in [4.78, 5) is 21.9. The largest absolute Gasteiger partial charge is 0.481 e. The molecule has 0 aromatic rings. The maximum atomic E-state index is 11.4. The highest BCUT2D eigenvalue weighted by atomic mass is 16.4. The average molecular weight is 170 g/mol. The summed E-state index contributed by atoms with van der Waals surface area (Å²) < 4.78 is 0. The molecule has 3 heteroatoms. The van der Waals surface area contributed by atoms with Crippen molar-refractivity contribution >= 4 is 11.8 Å². The Morgan fingerprint density at radius 2 is 2.25 bits per heavy atom. The number of carboxylic acids is 1. The van der Waals surface area contributed by atoms with Gasteiger partial charge in [-0.05, 0) is 12.8 Å². The number of Topliss-reactive ketones (excluding diaryl/α,β-unsaturated/α-hetero) is 1. The molecule has 1 saturated carbocycles. The van der Waals surface area contributed by atoms with Crippen molar-refractivity contribution in [2.45, 2.75) is 39.0 Å². The zero-order valence-electron chi connectivity index (χ0n) is 7.30. The lowest BCUT2D eigenvalue weighted by atomic mass is 9.72. The van der Waals surface area contributed by atoms with Crippen LogP contribution >= 0.6 is 0 Å². The zero-order valence-corrected chi connectivity index (χ0v) is 7.30. The van der Waals surface area contributed by atoms with E-state index in [1.165, 1.54) is 0 Å². The monoisotopic (exact) mass is 170 g/mol. The molecule has 0 amide bonds. The third kappa shape index (κ3) is 1.84. The first-order valence-electron chi connectivity index (χ1n) is 4.30. The first-order chi connectivity index (χ1) is 5.54. The summed E-state index contributed by atoms with van der Waals surface area (Å²) in [6.45, 7) is 1.77. The topological polar surface area (TPSA) is 54.4 Å². The van der Waals surface area contributed by atoms with Gasteiger partial charge >= 0.3 is 5.97 Å². The van der Waals surface area contributed by atoms with Crippen LogP contribution in [0.4, 0.5) is 0 Å². The molecule has 3 nitrogen and oxygen atoms in total. The van der Waals surface area contributed by atoms with E-state index >= 15 is 0 Å². The van der Waals surface area contributed by atoms with Crippen molar-refractivity contribution in [1.82, 2.24) is 0 Å². The van der Waals surface area contributed by atoms with E-state index in [9.17, 15) is 9.59 Å². The lowest BCUT2D eigenvalue weighted by Gasteiger charge is -2.30. The molecular weight excluding hydrogens is 156 g/mol. The summed E-state index contributed by atoms with van der Waals surface area (Å²) in [6, 6.07) is 0. The van der Waals surface area contributed by atoms with Gasteiger partial charge in [-0.3, -0.25) is 9.59 Å². The number of ketones is 1. The third-order valence-corrected chi connectivity index (χ3v) is 2.60. The summed E-state index contributed by atoms with van der Waals surface area (Å²) in [6.07, 6.45) is 3.19. The van der Waals surface area contributed by atoms with Gasteiger partial charge in [-0.1, -0.05) is 13.3 Å². The second-order valence-electron chi connectivity index (χ2n) is 3.76. The Kier molecular flexibility index (Phi) is 2.50. The van der Waals surface area contributed by atoms with E-state index in [1.807, 2.05) is 0 Å². The van der Waals surface area contributed by atoms with Gasteiger partial charge in [0.2, 0.25) is 0 Å². The molecule has 1 N–H and O–H groups in total. The van der Waals surface area contributed by atoms with Crippen LogP contribution in [0.15, 0.2) is 0 Å². The summed E-state index contributed by atoms with van der Waals surface area (Å²) in [5.41, 5.74) is -0.579. The van der Waals surface area contributed by atoms with E-state index in [4.69, 9.17) is 5.11 Å². The van der Waals surface area contributed by atoms with Crippen LogP contribution in [-0.4, -0.2) is 16.9 Å². The van der Waals surface area contributed by atoms with Crippen molar-refractivity contribution in [2.24, 2.45) is 5.41 Å². The van der Waals surface area contributed by atoms with Gasteiger partial charge in [-0.25, -0.2) is 0 Å². The van der Waals surface area contributed by atoms with Crippen molar-refractivity contribution in [3.63, 3.8) is 0 Å². The fourth-order valence-corrected chi connectivity index (χ4v) is 1.76. The molecule has 0 aliphatic heterocycles. The number of hydrogen-bond acceptors (Lipinski definition) is 2.